The van der Waals surface area contributed by atoms with Crippen molar-refractivity contribution in [3.63, 3.8) is 0 Å². The molecule has 0 N–H and O–H groups in total. The second-order valence-corrected chi connectivity index (χ2v) is 6.59. The summed E-state index contributed by atoms with van der Waals surface area (Å²) in [5, 5.41) is 0. The number of piperidine rings is 1. The number of nitrogens with zero attached hydrogens (tertiary/aromatic N) is 5. The zero-order valence-electron chi connectivity index (χ0n) is 15.5. The van der Waals surface area contributed by atoms with E-state index in [0.717, 1.165) is 0 Å². The van der Waals surface area contributed by atoms with E-state index in [1.54, 1.807) is 36.3 Å². The van der Waals surface area contributed by atoms with Crippen LogP contribution in [0.3, 0.4) is 0 Å². The Balaban J connectivity index is 1.74. The summed E-state index contributed by atoms with van der Waals surface area (Å²) in [4.78, 5) is 27.5. The third-order valence-corrected chi connectivity index (χ3v) is 4.68. The molecule has 8 heteroatoms. The Kier molecular flexibility index (Phi) is 5.01. The van der Waals surface area contributed by atoms with E-state index in [2.05, 4.69) is 15.0 Å². The summed E-state index contributed by atoms with van der Waals surface area (Å²) in [6.45, 7) is 0.643. The standard InChI is InChI=1S/C20H20FN5O2/c1-28-18-8-7-14(11-23-18)19-24-16(13-26(19)17-6-2-3-9-22-17)20(27)25-10-4-5-15(21)12-25/h2-3,6-9,11,13,15H,4-5,10,12H2,1H3. The van der Waals surface area contributed by atoms with Crippen LogP contribution in [0, 0.1) is 0 Å². The van der Waals surface area contributed by atoms with E-state index in [-0.39, 0.29) is 18.1 Å². The molecule has 3 aromatic heterocycles. The molecule has 0 bridgehead atoms. The molecule has 4 heterocycles. The molecule has 0 aliphatic carbocycles. The number of halogens is 1. The van der Waals surface area contributed by atoms with E-state index in [4.69, 9.17) is 4.74 Å². The van der Waals surface area contributed by atoms with Gasteiger partial charge in [0.25, 0.3) is 5.91 Å². The molecule has 1 aliphatic heterocycles. The van der Waals surface area contributed by atoms with Gasteiger partial charge in [-0.3, -0.25) is 9.36 Å². The van der Waals surface area contributed by atoms with Gasteiger partial charge in [0.05, 0.1) is 13.7 Å². The number of methoxy groups -OCH3 is 1. The molecule has 1 amide bonds. The van der Waals surface area contributed by atoms with Crippen molar-refractivity contribution in [2.75, 3.05) is 20.2 Å². The Bertz CT molecular complexity index is 958. The van der Waals surface area contributed by atoms with Crippen LogP contribution in [0.25, 0.3) is 17.2 Å². The maximum absolute atomic E-state index is 13.7. The number of aromatic nitrogens is 4. The van der Waals surface area contributed by atoms with Crippen molar-refractivity contribution in [2.24, 2.45) is 0 Å². The second kappa shape index (κ2) is 7.75. The van der Waals surface area contributed by atoms with E-state index >= 15 is 0 Å². The van der Waals surface area contributed by atoms with Gasteiger partial charge in [-0.05, 0) is 31.0 Å². The summed E-state index contributed by atoms with van der Waals surface area (Å²) in [6.07, 6.45) is 5.11. The average molecular weight is 381 g/mol. The van der Waals surface area contributed by atoms with Crippen LogP contribution >= 0.6 is 0 Å². The van der Waals surface area contributed by atoms with E-state index in [1.807, 2.05) is 24.3 Å². The highest BCUT2D eigenvalue weighted by Crippen LogP contribution is 2.24. The van der Waals surface area contributed by atoms with Crippen molar-refractivity contribution >= 4 is 5.91 Å². The highest BCUT2D eigenvalue weighted by atomic mass is 19.1. The van der Waals surface area contributed by atoms with Crippen molar-refractivity contribution in [3.05, 3.63) is 54.6 Å². The fraction of sp³-hybridized carbons (Fsp3) is 0.300. The molecule has 144 valence electrons. The van der Waals surface area contributed by atoms with Gasteiger partial charge in [0, 0.05) is 36.8 Å². The summed E-state index contributed by atoms with van der Waals surface area (Å²) in [7, 11) is 1.55. The Morgan fingerprint density at radius 3 is 2.82 bits per heavy atom. The van der Waals surface area contributed by atoms with Gasteiger partial charge in [-0.1, -0.05) is 6.07 Å². The van der Waals surface area contributed by atoms with Gasteiger partial charge >= 0.3 is 0 Å². The zero-order valence-corrected chi connectivity index (χ0v) is 15.5. The predicted octanol–water partition coefficient (Wildman–Crippen LogP) is 2.91. The first-order chi connectivity index (χ1) is 13.7. The van der Waals surface area contributed by atoms with Gasteiger partial charge in [-0.15, -0.1) is 0 Å². The topological polar surface area (TPSA) is 73.1 Å². The van der Waals surface area contributed by atoms with Crippen LogP contribution in [0.5, 0.6) is 5.88 Å². The molecule has 28 heavy (non-hydrogen) atoms. The minimum absolute atomic E-state index is 0.106. The molecular formula is C20H20FN5O2. The average Bonchev–Trinajstić information content (AvgIpc) is 3.19. The van der Waals surface area contributed by atoms with Gasteiger partial charge in [0.1, 0.15) is 23.5 Å². The summed E-state index contributed by atoms with van der Waals surface area (Å²) >= 11 is 0. The van der Waals surface area contributed by atoms with E-state index in [1.165, 1.54) is 4.90 Å². The molecule has 1 atom stereocenters. The van der Waals surface area contributed by atoms with E-state index in [9.17, 15) is 9.18 Å². The number of ether oxygens (including phenoxy) is 1. The Hall–Kier alpha value is -3.29. The van der Waals surface area contributed by atoms with Crippen LogP contribution in [-0.2, 0) is 0 Å². The van der Waals surface area contributed by atoms with Crippen molar-refractivity contribution in [2.45, 2.75) is 19.0 Å². The first-order valence-electron chi connectivity index (χ1n) is 9.10. The van der Waals surface area contributed by atoms with Crippen LogP contribution in [-0.4, -0.2) is 56.7 Å². The highest BCUT2D eigenvalue weighted by molar-refractivity contribution is 5.93. The fourth-order valence-electron chi connectivity index (χ4n) is 3.26. The fourth-order valence-corrected chi connectivity index (χ4v) is 3.26. The Labute approximate surface area is 161 Å². The molecule has 1 fully saturated rings. The van der Waals surface area contributed by atoms with Gasteiger partial charge in [-0.25, -0.2) is 19.3 Å². The smallest absolute Gasteiger partial charge is 0.274 e. The molecule has 0 aromatic carbocycles. The molecule has 1 unspecified atom stereocenters. The first kappa shape index (κ1) is 18.1. The molecule has 3 aromatic rings. The zero-order chi connectivity index (χ0) is 19.5. The lowest BCUT2D eigenvalue weighted by atomic mass is 10.1. The van der Waals surface area contributed by atoms with Crippen LogP contribution in [0.1, 0.15) is 23.3 Å². The van der Waals surface area contributed by atoms with Crippen molar-refractivity contribution < 1.29 is 13.9 Å². The Morgan fingerprint density at radius 2 is 2.14 bits per heavy atom. The van der Waals surface area contributed by atoms with Crippen LogP contribution in [0.2, 0.25) is 0 Å². The normalized spacial score (nSPS) is 16.8. The lowest BCUT2D eigenvalue weighted by Gasteiger charge is -2.28. The predicted molar refractivity (Wildman–Crippen MR) is 101 cm³/mol. The third-order valence-electron chi connectivity index (χ3n) is 4.68. The van der Waals surface area contributed by atoms with E-state index < -0.39 is 6.17 Å². The van der Waals surface area contributed by atoms with Crippen molar-refractivity contribution in [1.29, 1.82) is 0 Å². The monoisotopic (exact) mass is 381 g/mol. The lowest BCUT2D eigenvalue weighted by Crippen LogP contribution is -2.40. The minimum atomic E-state index is -0.985. The number of hydrogen-bond acceptors (Lipinski definition) is 5. The molecular weight excluding hydrogens is 361 g/mol. The second-order valence-electron chi connectivity index (χ2n) is 6.59. The molecule has 0 spiro atoms. The third kappa shape index (κ3) is 3.58. The van der Waals surface area contributed by atoms with Crippen molar-refractivity contribution in [3.8, 4) is 23.1 Å². The quantitative estimate of drug-likeness (QED) is 0.695. The number of carbonyl (C=O) groups is 1. The first-order valence-corrected chi connectivity index (χ1v) is 9.10. The largest absolute Gasteiger partial charge is 0.481 e. The number of pyridine rings is 2. The summed E-state index contributed by atoms with van der Waals surface area (Å²) in [5.74, 6) is 1.37. The SMILES string of the molecule is COc1ccc(-c2nc(C(=O)N3CCCC(F)C3)cn2-c2ccccn2)cn1. The maximum atomic E-state index is 13.7. The van der Waals surface area contributed by atoms with Crippen LogP contribution in [0.15, 0.2) is 48.9 Å². The number of carbonyl (C=O) groups excluding carboxylic acids is 1. The van der Waals surface area contributed by atoms with Gasteiger partial charge in [-0.2, -0.15) is 0 Å². The number of alkyl halides is 1. The van der Waals surface area contributed by atoms with Gasteiger partial charge in [0.15, 0.2) is 0 Å². The van der Waals surface area contributed by atoms with Crippen LogP contribution in [0.4, 0.5) is 4.39 Å². The lowest BCUT2D eigenvalue weighted by molar-refractivity contribution is 0.0631. The summed E-state index contributed by atoms with van der Waals surface area (Å²) < 4.78 is 20.6. The number of rotatable bonds is 4. The maximum Gasteiger partial charge on any atom is 0.274 e. The van der Waals surface area contributed by atoms with Gasteiger partial charge in [0.2, 0.25) is 5.88 Å². The summed E-state index contributed by atoms with van der Waals surface area (Å²) in [5.41, 5.74) is 0.970. The highest BCUT2D eigenvalue weighted by Gasteiger charge is 2.27. The molecule has 4 rings (SSSR count). The minimum Gasteiger partial charge on any atom is -0.481 e. The molecule has 7 nitrogen and oxygen atoms in total. The number of likely N-dealkylation sites (tertiary alicyclic amines) is 1. The van der Waals surface area contributed by atoms with Crippen LogP contribution < -0.4 is 4.74 Å². The number of imidazole rings is 1. The Morgan fingerprint density at radius 1 is 1.25 bits per heavy atom. The van der Waals surface area contributed by atoms with E-state index in [0.29, 0.717) is 42.5 Å². The number of hydrogen-bond donors (Lipinski definition) is 0. The molecule has 0 saturated carbocycles. The molecule has 1 saturated heterocycles. The molecule has 0 radical (unpaired) electrons. The summed E-state index contributed by atoms with van der Waals surface area (Å²) in [6, 6.07) is 9.05. The van der Waals surface area contributed by atoms with Gasteiger partial charge < -0.3 is 9.64 Å². The number of amides is 1. The van der Waals surface area contributed by atoms with Crippen molar-refractivity contribution in [1.82, 2.24) is 24.4 Å². The molecule has 1 aliphatic rings.